The van der Waals surface area contributed by atoms with E-state index in [9.17, 15) is 9.59 Å². The van der Waals surface area contributed by atoms with Crippen LogP contribution in [-0.4, -0.2) is 57.8 Å². The Morgan fingerprint density at radius 3 is 2.71 bits per heavy atom. The normalized spacial score (nSPS) is 16.3. The van der Waals surface area contributed by atoms with E-state index in [1.165, 1.54) is 9.88 Å². The fourth-order valence-corrected chi connectivity index (χ4v) is 6.65. The number of amides is 2. The molecule has 178 valence electrons. The molecule has 9 heteroatoms. The van der Waals surface area contributed by atoms with Crippen LogP contribution in [0, 0.1) is 0 Å². The first-order valence-electron chi connectivity index (χ1n) is 11.9. The van der Waals surface area contributed by atoms with Crippen LogP contribution in [-0.2, 0) is 25.8 Å². The van der Waals surface area contributed by atoms with Crippen LogP contribution in [0.2, 0.25) is 0 Å². The molecule has 5 rings (SSSR count). The molecule has 3 aromatic rings. The predicted octanol–water partition coefficient (Wildman–Crippen LogP) is 4.25. The van der Waals surface area contributed by atoms with E-state index in [0.29, 0.717) is 29.2 Å². The number of nitrogens with one attached hydrogen (secondary N) is 1. The standard InChI is InChI=1S/C25H29N5O2S2/c1-2-21-27-18(16-33-21)15-29-10-12-30(13-11-29)25(32)22-19-7-3-4-8-20(19)34-24(22)28-23(31)17-6-5-9-26-14-17/h5-6,9,14,16H,2-4,7-8,10-13,15H2,1H3,(H,28,31). The average Bonchev–Trinajstić information content (AvgIpc) is 3.48. The summed E-state index contributed by atoms with van der Waals surface area (Å²) in [5.74, 6) is -0.178. The van der Waals surface area contributed by atoms with Crippen LogP contribution in [0.5, 0.6) is 0 Å². The van der Waals surface area contributed by atoms with E-state index in [-0.39, 0.29) is 11.8 Å². The Kier molecular flexibility index (Phi) is 7.03. The molecule has 1 aliphatic heterocycles. The fraction of sp³-hybridized carbons (Fsp3) is 0.440. The summed E-state index contributed by atoms with van der Waals surface area (Å²) in [6.45, 7) is 5.99. The highest BCUT2D eigenvalue weighted by Crippen LogP contribution is 2.39. The minimum atomic E-state index is -0.222. The summed E-state index contributed by atoms with van der Waals surface area (Å²) in [7, 11) is 0. The molecule has 3 aromatic heterocycles. The van der Waals surface area contributed by atoms with Crippen molar-refractivity contribution in [1.82, 2.24) is 19.8 Å². The lowest BCUT2D eigenvalue weighted by Crippen LogP contribution is -2.48. The Morgan fingerprint density at radius 1 is 1.15 bits per heavy atom. The minimum absolute atomic E-state index is 0.0439. The number of fused-ring (bicyclic) bond motifs is 1. The van der Waals surface area contributed by atoms with Crippen molar-refractivity contribution in [2.24, 2.45) is 0 Å². The molecule has 0 saturated carbocycles. The summed E-state index contributed by atoms with van der Waals surface area (Å²) in [4.78, 5) is 40.8. The van der Waals surface area contributed by atoms with E-state index in [1.54, 1.807) is 47.2 Å². The van der Waals surface area contributed by atoms with Gasteiger partial charge in [-0.05, 0) is 49.8 Å². The molecule has 4 heterocycles. The van der Waals surface area contributed by atoms with Gasteiger partial charge in [0.2, 0.25) is 0 Å². The van der Waals surface area contributed by atoms with Gasteiger partial charge in [-0.25, -0.2) is 4.98 Å². The van der Waals surface area contributed by atoms with Crippen LogP contribution >= 0.6 is 22.7 Å². The number of nitrogens with zero attached hydrogens (tertiary/aromatic N) is 4. The summed E-state index contributed by atoms with van der Waals surface area (Å²) in [5.41, 5.74) is 3.46. The van der Waals surface area contributed by atoms with Gasteiger partial charge < -0.3 is 10.2 Å². The van der Waals surface area contributed by atoms with Gasteiger partial charge in [0, 0.05) is 55.4 Å². The number of aromatic nitrogens is 2. The van der Waals surface area contributed by atoms with Crippen LogP contribution in [0.4, 0.5) is 5.00 Å². The average molecular weight is 496 g/mol. The van der Waals surface area contributed by atoms with E-state index >= 15 is 0 Å². The molecule has 2 amide bonds. The number of rotatable bonds is 6. The van der Waals surface area contributed by atoms with Crippen molar-refractivity contribution >= 4 is 39.5 Å². The zero-order valence-corrected chi connectivity index (χ0v) is 21.0. The largest absolute Gasteiger partial charge is 0.336 e. The second-order valence-electron chi connectivity index (χ2n) is 8.77. The minimum Gasteiger partial charge on any atom is -0.336 e. The highest BCUT2D eigenvalue weighted by molar-refractivity contribution is 7.17. The Balaban J connectivity index is 1.30. The molecule has 1 N–H and O–H groups in total. The van der Waals surface area contributed by atoms with E-state index in [2.05, 4.69) is 32.5 Å². The monoisotopic (exact) mass is 495 g/mol. The number of piperazine rings is 1. The highest BCUT2D eigenvalue weighted by Gasteiger charge is 2.31. The molecule has 1 fully saturated rings. The van der Waals surface area contributed by atoms with Gasteiger partial charge in [0.25, 0.3) is 11.8 Å². The quantitative estimate of drug-likeness (QED) is 0.553. The van der Waals surface area contributed by atoms with Gasteiger partial charge in [-0.1, -0.05) is 6.92 Å². The molecule has 0 atom stereocenters. The molecule has 0 radical (unpaired) electrons. The van der Waals surface area contributed by atoms with Crippen molar-refractivity contribution in [1.29, 1.82) is 0 Å². The second kappa shape index (κ2) is 10.3. The number of carbonyl (C=O) groups is 2. The maximum Gasteiger partial charge on any atom is 0.257 e. The van der Waals surface area contributed by atoms with Crippen molar-refractivity contribution < 1.29 is 9.59 Å². The summed E-state index contributed by atoms with van der Waals surface area (Å²) < 4.78 is 0. The lowest BCUT2D eigenvalue weighted by molar-refractivity contribution is 0.0627. The van der Waals surface area contributed by atoms with Crippen LogP contribution in [0.1, 0.15) is 61.6 Å². The molecule has 1 aliphatic carbocycles. The van der Waals surface area contributed by atoms with Crippen LogP contribution < -0.4 is 5.32 Å². The Morgan fingerprint density at radius 2 is 1.97 bits per heavy atom. The number of aryl methyl sites for hydroxylation is 2. The van der Waals surface area contributed by atoms with Crippen molar-refractivity contribution in [3.8, 4) is 0 Å². The maximum absolute atomic E-state index is 13.7. The summed E-state index contributed by atoms with van der Waals surface area (Å²) >= 11 is 3.29. The van der Waals surface area contributed by atoms with Gasteiger partial charge in [0.05, 0.1) is 21.8 Å². The van der Waals surface area contributed by atoms with Gasteiger partial charge >= 0.3 is 0 Å². The van der Waals surface area contributed by atoms with Gasteiger partial charge in [0.1, 0.15) is 5.00 Å². The SMILES string of the molecule is CCc1nc(CN2CCN(C(=O)c3c(NC(=O)c4cccnc4)sc4c3CCCC4)CC2)cs1. The van der Waals surface area contributed by atoms with Crippen molar-refractivity contribution in [2.75, 3.05) is 31.5 Å². The smallest absolute Gasteiger partial charge is 0.257 e. The highest BCUT2D eigenvalue weighted by atomic mass is 32.1. The van der Waals surface area contributed by atoms with Crippen molar-refractivity contribution in [3.63, 3.8) is 0 Å². The first-order chi connectivity index (χ1) is 16.6. The molecular formula is C25H29N5O2S2. The number of anilines is 1. The van der Waals surface area contributed by atoms with Crippen molar-refractivity contribution in [3.05, 3.63) is 62.2 Å². The number of carbonyl (C=O) groups excluding carboxylic acids is 2. The lowest BCUT2D eigenvalue weighted by Gasteiger charge is -2.34. The van der Waals surface area contributed by atoms with E-state index < -0.39 is 0 Å². The molecule has 0 spiro atoms. The van der Waals surface area contributed by atoms with Gasteiger partial charge in [-0.3, -0.25) is 19.5 Å². The molecule has 2 aliphatic rings. The van der Waals surface area contributed by atoms with Crippen LogP contribution in [0.15, 0.2) is 29.9 Å². The number of thiophene rings is 1. The molecule has 0 aromatic carbocycles. The van der Waals surface area contributed by atoms with Crippen molar-refractivity contribution in [2.45, 2.75) is 45.6 Å². The third-order valence-corrected chi connectivity index (χ3v) is 8.73. The first kappa shape index (κ1) is 23.1. The third kappa shape index (κ3) is 4.92. The van der Waals surface area contributed by atoms with Crippen LogP contribution in [0.25, 0.3) is 0 Å². The summed E-state index contributed by atoms with van der Waals surface area (Å²) in [5, 5.41) is 7.03. The number of pyridine rings is 1. The molecule has 1 saturated heterocycles. The number of hydrogen-bond donors (Lipinski definition) is 1. The second-order valence-corrected chi connectivity index (χ2v) is 10.8. The zero-order chi connectivity index (χ0) is 23.5. The lowest BCUT2D eigenvalue weighted by atomic mass is 9.95. The number of hydrogen-bond acceptors (Lipinski definition) is 7. The fourth-order valence-electron chi connectivity index (χ4n) is 4.63. The molecular weight excluding hydrogens is 466 g/mol. The van der Waals surface area contributed by atoms with E-state index in [0.717, 1.165) is 63.0 Å². The summed E-state index contributed by atoms with van der Waals surface area (Å²) in [6, 6.07) is 3.48. The zero-order valence-electron chi connectivity index (χ0n) is 19.4. The van der Waals surface area contributed by atoms with Gasteiger partial charge in [0.15, 0.2) is 0 Å². The van der Waals surface area contributed by atoms with Gasteiger partial charge in [-0.2, -0.15) is 0 Å². The van der Waals surface area contributed by atoms with E-state index in [4.69, 9.17) is 0 Å². The molecule has 0 unspecified atom stereocenters. The van der Waals surface area contributed by atoms with Crippen LogP contribution in [0.3, 0.4) is 0 Å². The first-order valence-corrected chi connectivity index (χ1v) is 13.6. The predicted molar refractivity (Wildman–Crippen MR) is 136 cm³/mol. The van der Waals surface area contributed by atoms with E-state index in [1.807, 2.05) is 4.90 Å². The summed E-state index contributed by atoms with van der Waals surface area (Å²) in [6.07, 6.45) is 8.26. The Bertz CT molecular complexity index is 1170. The molecule has 34 heavy (non-hydrogen) atoms. The Hall–Kier alpha value is -2.62. The van der Waals surface area contributed by atoms with Gasteiger partial charge in [-0.15, -0.1) is 22.7 Å². The third-order valence-electron chi connectivity index (χ3n) is 6.48. The maximum atomic E-state index is 13.7. The Labute approximate surface area is 207 Å². The topological polar surface area (TPSA) is 78.4 Å². The molecule has 7 nitrogen and oxygen atoms in total. The molecule has 0 bridgehead atoms. The number of thiazole rings is 1.